The number of nitrogens with one attached hydrogen (secondary N) is 1. The molecule has 0 aliphatic carbocycles. The van der Waals surface area contributed by atoms with Gasteiger partial charge in [0.15, 0.2) is 6.29 Å². The molecular formula is C6H13NO13S3. The average Bonchev–Trinajstić information content (AvgIpc) is 2.27. The molecule has 0 amide bonds. The molecule has 0 bridgehead atoms. The highest BCUT2D eigenvalue weighted by Gasteiger charge is 2.43. The third kappa shape index (κ3) is 8.26. The van der Waals surface area contributed by atoms with E-state index in [0.29, 0.717) is 0 Å². The number of hydrogen-bond acceptors (Lipinski definition) is 10. The first-order valence-corrected chi connectivity index (χ1v) is 9.69. The summed E-state index contributed by atoms with van der Waals surface area (Å²) in [4.78, 5) is 0. The molecular weight excluding hydrogens is 390 g/mol. The van der Waals surface area contributed by atoms with E-state index in [-0.39, 0.29) is 0 Å². The molecule has 1 rings (SSSR count). The molecule has 1 fully saturated rings. The molecule has 14 nitrogen and oxygen atoms in total. The van der Waals surface area contributed by atoms with Crippen LogP contribution in [-0.2, 0) is 44.2 Å². The summed E-state index contributed by atoms with van der Waals surface area (Å²) in [6.07, 6.45) is -5.85. The zero-order chi connectivity index (χ0) is 18.1. The van der Waals surface area contributed by atoms with Crippen LogP contribution in [0.2, 0.25) is 0 Å². The first-order chi connectivity index (χ1) is 10.2. The van der Waals surface area contributed by atoms with E-state index in [1.54, 1.807) is 0 Å². The van der Waals surface area contributed by atoms with Crippen LogP contribution >= 0.6 is 0 Å². The highest BCUT2D eigenvalue weighted by molar-refractivity contribution is 7.83. The maximum atomic E-state index is 10.8. The molecule has 5 N–H and O–H groups in total. The molecule has 23 heavy (non-hydrogen) atoms. The highest BCUT2D eigenvalue weighted by Crippen LogP contribution is 2.24. The van der Waals surface area contributed by atoms with Gasteiger partial charge in [0, 0.05) is 6.42 Å². The molecule has 0 aromatic rings. The van der Waals surface area contributed by atoms with Gasteiger partial charge in [-0.1, -0.05) is 0 Å². The van der Waals surface area contributed by atoms with Crippen LogP contribution in [0.15, 0.2) is 0 Å². The van der Waals surface area contributed by atoms with Crippen molar-refractivity contribution in [3.05, 3.63) is 0 Å². The Morgan fingerprint density at radius 1 is 1.04 bits per heavy atom. The van der Waals surface area contributed by atoms with E-state index in [0.717, 1.165) is 0 Å². The number of hydrogen-bond donors (Lipinski definition) is 5. The van der Waals surface area contributed by atoms with Crippen molar-refractivity contribution in [2.45, 2.75) is 31.0 Å². The molecule has 0 saturated carbocycles. The summed E-state index contributed by atoms with van der Waals surface area (Å²) >= 11 is 0. The predicted octanol–water partition coefficient (Wildman–Crippen LogP) is -3.14. The number of ether oxygens (including phenoxy) is 1. The van der Waals surface area contributed by atoms with Crippen molar-refractivity contribution in [3.63, 3.8) is 0 Å². The van der Waals surface area contributed by atoms with Crippen LogP contribution in [-0.4, -0.2) is 75.2 Å². The molecule has 4 atom stereocenters. The molecule has 0 spiro atoms. The van der Waals surface area contributed by atoms with Crippen LogP contribution in [0.25, 0.3) is 0 Å². The maximum absolute atomic E-state index is 10.8. The summed E-state index contributed by atoms with van der Waals surface area (Å²) in [5, 5.41) is 9.62. The van der Waals surface area contributed by atoms with Crippen LogP contribution in [0, 0.1) is 0 Å². The van der Waals surface area contributed by atoms with Crippen LogP contribution in [0.1, 0.15) is 6.42 Å². The molecule has 17 heteroatoms. The van der Waals surface area contributed by atoms with Crippen LogP contribution < -0.4 is 4.72 Å². The van der Waals surface area contributed by atoms with E-state index in [9.17, 15) is 30.4 Å². The molecule has 1 aliphatic rings. The van der Waals surface area contributed by atoms with Crippen molar-refractivity contribution in [1.82, 2.24) is 4.72 Å². The van der Waals surface area contributed by atoms with Gasteiger partial charge in [-0.2, -0.15) is 30.0 Å². The Hall–Kier alpha value is -0.470. The van der Waals surface area contributed by atoms with E-state index < -0.39 is 68.7 Å². The zero-order valence-electron chi connectivity index (χ0n) is 10.9. The second kappa shape index (κ2) is 7.19. The molecule has 138 valence electrons. The minimum absolute atomic E-state index is 0.598. The Bertz CT molecular complexity index is 711. The summed E-state index contributed by atoms with van der Waals surface area (Å²) in [5.41, 5.74) is 0. The molecule has 1 heterocycles. The Balaban J connectivity index is 2.93. The molecule has 0 radical (unpaired) electrons. The molecule has 4 unspecified atom stereocenters. The lowest BCUT2D eigenvalue weighted by Crippen LogP contribution is -2.58. The fourth-order valence-corrected chi connectivity index (χ4v) is 3.20. The van der Waals surface area contributed by atoms with Crippen molar-refractivity contribution in [2.24, 2.45) is 0 Å². The fraction of sp³-hybridized carbons (Fsp3) is 1.00. The SMILES string of the molecule is O=S(=O)(O)NC1C(O)OC(COS(=O)(=O)O)CC1OS(=O)(=O)O. The van der Waals surface area contributed by atoms with Crippen molar-refractivity contribution in [3.8, 4) is 0 Å². The minimum Gasteiger partial charge on any atom is -0.366 e. The van der Waals surface area contributed by atoms with Gasteiger partial charge >= 0.3 is 31.1 Å². The van der Waals surface area contributed by atoms with E-state index in [1.807, 2.05) is 0 Å². The lowest BCUT2D eigenvalue weighted by atomic mass is 10.0. The standard InChI is InChI=1S/C6H13NO13S3/c8-6-5(7-21(9,10)11)4(20-23(15,16)17)1-3(19-6)2-18-22(12,13)14/h3-8H,1-2H2,(H,9,10,11)(H,12,13,14)(H,15,16,17). The third-order valence-corrected chi connectivity index (χ3v) is 3.96. The fourth-order valence-electron chi connectivity index (χ4n) is 1.76. The van der Waals surface area contributed by atoms with Gasteiger partial charge in [0.25, 0.3) is 0 Å². The minimum atomic E-state index is -5.09. The number of rotatable bonds is 7. The second-order valence-corrected chi connectivity index (χ2v) is 7.60. The topological polar surface area (TPSA) is 223 Å². The molecule has 0 aromatic heterocycles. The van der Waals surface area contributed by atoms with Gasteiger partial charge in [-0.25, -0.2) is 8.37 Å². The van der Waals surface area contributed by atoms with E-state index >= 15 is 0 Å². The molecule has 1 aliphatic heterocycles. The monoisotopic (exact) mass is 403 g/mol. The van der Waals surface area contributed by atoms with Gasteiger partial charge < -0.3 is 9.84 Å². The highest BCUT2D eigenvalue weighted by atomic mass is 32.3. The normalized spacial score (nSPS) is 30.3. The van der Waals surface area contributed by atoms with Gasteiger partial charge in [-0.15, -0.1) is 0 Å². The van der Waals surface area contributed by atoms with Crippen molar-refractivity contribution >= 4 is 31.1 Å². The van der Waals surface area contributed by atoms with Crippen molar-refractivity contribution in [2.75, 3.05) is 6.61 Å². The van der Waals surface area contributed by atoms with Gasteiger partial charge in [0.1, 0.15) is 12.1 Å². The Morgan fingerprint density at radius 2 is 1.61 bits per heavy atom. The lowest BCUT2D eigenvalue weighted by molar-refractivity contribution is -0.205. The van der Waals surface area contributed by atoms with Crippen molar-refractivity contribution in [1.29, 1.82) is 0 Å². The maximum Gasteiger partial charge on any atom is 0.397 e. The summed E-state index contributed by atoms with van der Waals surface area (Å²) in [6.45, 7) is -0.875. The van der Waals surface area contributed by atoms with E-state index in [4.69, 9.17) is 18.4 Å². The zero-order valence-corrected chi connectivity index (χ0v) is 13.4. The van der Waals surface area contributed by atoms with E-state index in [1.165, 1.54) is 4.72 Å². The third-order valence-electron chi connectivity index (χ3n) is 2.47. The molecule has 1 saturated heterocycles. The predicted molar refractivity (Wildman–Crippen MR) is 67.9 cm³/mol. The summed E-state index contributed by atoms with van der Waals surface area (Å²) in [6, 6.07) is -1.85. The van der Waals surface area contributed by atoms with Crippen molar-refractivity contribution < 1.29 is 57.1 Å². The smallest absolute Gasteiger partial charge is 0.366 e. The van der Waals surface area contributed by atoms with Crippen LogP contribution in [0.5, 0.6) is 0 Å². The number of aliphatic hydroxyl groups is 1. The van der Waals surface area contributed by atoms with E-state index in [2.05, 4.69) is 8.37 Å². The quantitative estimate of drug-likeness (QED) is 0.265. The van der Waals surface area contributed by atoms with Gasteiger partial charge in [-0.3, -0.25) is 13.7 Å². The average molecular weight is 403 g/mol. The Labute approximate surface area is 131 Å². The summed E-state index contributed by atoms with van der Waals surface area (Å²) in [5.74, 6) is 0. The summed E-state index contributed by atoms with van der Waals surface area (Å²) < 4.78 is 104. The number of aliphatic hydroxyl groups excluding tert-OH is 1. The van der Waals surface area contributed by atoms with Crippen LogP contribution in [0.4, 0.5) is 0 Å². The largest absolute Gasteiger partial charge is 0.397 e. The second-order valence-electron chi connectivity index (χ2n) is 4.28. The first-order valence-electron chi connectivity index (χ1n) is 5.52. The first kappa shape index (κ1) is 20.6. The molecule has 0 aromatic carbocycles. The Morgan fingerprint density at radius 3 is 2.04 bits per heavy atom. The van der Waals surface area contributed by atoms with Gasteiger partial charge in [0.2, 0.25) is 0 Å². The van der Waals surface area contributed by atoms with Gasteiger partial charge in [-0.05, 0) is 0 Å². The Kier molecular flexibility index (Phi) is 6.43. The summed E-state index contributed by atoms with van der Waals surface area (Å²) in [7, 11) is -14.9. The van der Waals surface area contributed by atoms with Gasteiger partial charge in [0.05, 0.1) is 12.7 Å². The lowest BCUT2D eigenvalue weighted by Gasteiger charge is -2.37. The van der Waals surface area contributed by atoms with Crippen LogP contribution in [0.3, 0.4) is 0 Å².